The summed E-state index contributed by atoms with van der Waals surface area (Å²) in [6.07, 6.45) is 1.67. The van der Waals surface area contributed by atoms with Gasteiger partial charge in [-0.15, -0.1) is 11.8 Å². The molecule has 0 amide bonds. The molecule has 1 aromatic rings. The zero-order chi connectivity index (χ0) is 13.7. The summed E-state index contributed by atoms with van der Waals surface area (Å²) < 4.78 is 0. The molecule has 0 saturated carbocycles. The molecule has 0 aliphatic rings. The Morgan fingerprint density at radius 1 is 1.17 bits per heavy atom. The summed E-state index contributed by atoms with van der Waals surface area (Å²) in [5, 5.41) is 5.02. The Balaban J connectivity index is 3.06. The number of nitrogens with one attached hydrogen (secondary N) is 1. The van der Waals surface area contributed by atoms with Gasteiger partial charge in [0, 0.05) is 17.4 Å². The van der Waals surface area contributed by atoms with Crippen LogP contribution >= 0.6 is 11.8 Å². The lowest BCUT2D eigenvalue weighted by atomic mass is 10.1. The largest absolute Gasteiger partial charge is 0.370 e. The highest BCUT2D eigenvalue weighted by Crippen LogP contribution is 2.35. The van der Waals surface area contributed by atoms with Crippen LogP contribution in [0.5, 0.6) is 0 Å². The lowest BCUT2D eigenvalue weighted by Crippen LogP contribution is -2.10. The van der Waals surface area contributed by atoms with Gasteiger partial charge in [0.1, 0.15) is 17.2 Å². The van der Waals surface area contributed by atoms with Crippen LogP contribution < -0.4 is 5.32 Å². The highest BCUT2D eigenvalue weighted by atomic mass is 32.2. The molecule has 0 aliphatic carbocycles. The monoisotopic (exact) mass is 267 g/mol. The number of rotatable bonds is 6. The van der Waals surface area contributed by atoms with E-state index in [-0.39, 0.29) is 0 Å². The minimum Gasteiger partial charge on any atom is -0.370 e. The van der Waals surface area contributed by atoms with Crippen LogP contribution in [0.15, 0.2) is 11.4 Å². The molecule has 0 aliphatic heterocycles. The molecular formula is C14H25N3S. The van der Waals surface area contributed by atoms with Gasteiger partial charge in [0.05, 0.1) is 0 Å². The van der Waals surface area contributed by atoms with E-state index in [2.05, 4.69) is 56.8 Å². The zero-order valence-electron chi connectivity index (χ0n) is 12.3. The molecule has 0 fully saturated rings. The third-order valence-electron chi connectivity index (χ3n) is 3.01. The Bertz CT molecular complexity index is 377. The van der Waals surface area contributed by atoms with Crippen LogP contribution in [0.2, 0.25) is 0 Å². The van der Waals surface area contributed by atoms with E-state index in [1.165, 1.54) is 5.56 Å². The average Bonchev–Trinajstić information content (AvgIpc) is 2.29. The quantitative estimate of drug-likeness (QED) is 0.620. The van der Waals surface area contributed by atoms with Crippen molar-refractivity contribution >= 4 is 17.6 Å². The highest BCUT2D eigenvalue weighted by molar-refractivity contribution is 7.99. The summed E-state index contributed by atoms with van der Waals surface area (Å²) in [4.78, 5) is 8.84. The van der Waals surface area contributed by atoms with Crippen LogP contribution in [0.1, 0.15) is 53.0 Å². The number of hydrogen-bond acceptors (Lipinski definition) is 4. The molecule has 1 unspecified atom stereocenters. The molecule has 0 aromatic carbocycles. The molecule has 3 nitrogen and oxygen atoms in total. The first kappa shape index (κ1) is 15.3. The first-order valence-corrected chi connectivity index (χ1v) is 7.60. The smallest absolute Gasteiger partial charge is 0.133 e. The van der Waals surface area contributed by atoms with Gasteiger partial charge in [0.25, 0.3) is 0 Å². The molecule has 0 radical (unpaired) electrons. The number of thioether (sulfide) groups is 1. The Kier molecular flexibility index (Phi) is 5.93. The van der Waals surface area contributed by atoms with E-state index >= 15 is 0 Å². The minimum absolute atomic E-state index is 0.433. The third-order valence-corrected chi connectivity index (χ3v) is 4.47. The second kappa shape index (κ2) is 6.98. The van der Waals surface area contributed by atoms with E-state index in [1.807, 2.05) is 11.8 Å². The molecule has 1 rings (SSSR count). The fourth-order valence-electron chi connectivity index (χ4n) is 1.61. The van der Waals surface area contributed by atoms with Crippen LogP contribution in [-0.2, 0) is 0 Å². The second-order valence-electron chi connectivity index (χ2n) is 5.19. The maximum atomic E-state index is 4.48. The summed E-state index contributed by atoms with van der Waals surface area (Å²) in [6, 6.07) is 0. The van der Waals surface area contributed by atoms with Crippen molar-refractivity contribution in [2.24, 2.45) is 5.92 Å². The molecule has 0 spiro atoms. The van der Waals surface area contributed by atoms with Gasteiger partial charge < -0.3 is 5.32 Å². The SMILES string of the molecule is CCNc1ncnc(SC(C)C(C)C)c1C(C)C. The minimum atomic E-state index is 0.433. The lowest BCUT2D eigenvalue weighted by Gasteiger charge is -2.20. The summed E-state index contributed by atoms with van der Waals surface area (Å²) in [5.41, 5.74) is 1.25. The Morgan fingerprint density at radius 3 is 2.33 bits per heavy atom. The van der Waals surface area contributed by atoms with Gasteiger partial charge in [-0.3, -0.25) is 0 Å². The lowest BCUT2D eigenvalue weighted by molar-refractivity contribution is 0.640. The number of anilines is 1. The predicted molar refractivity (Wildman–Crippen MR) is 80.4 cm³/mol. The van der Waals surface area contributed by atoms with Crippen molar-refractivity contribution < 1.29 is 0 Å². The van der Waals surface area contributed by atoms with Crippen molar-refractivity contribution in [3.63, 3.8) is 0 Å². The average molecular weight is 267 g/mol. The molecule has 0 saturated heterocycles. The molecule has 1 atom stereocenters. The molecule has 1 heterocycles. The fourth-order valence-corrected chi connectivity index (χ4v) is 2.81. The topological polar surface area (TPSA) is 37.8 Å². The Morgan fingerprint density at radius 2 is 1.83 bits per heavy atom. The van der Waals surface area contributed by atoms with E-state index in [4.69, 9.17) is 0 Å². The molecule has 1 aromatic heterocycles. The summed E-state index contributed by atoms with van der Waals surface area (Å²) in [7, 11) is 0. The fraction of sp³-hybridized carbons (Fsp3) is 0.714. The molecule has 0 bridgehead atoms. The van der Waals surface area contributed by atoms with Crippen LogP contribution in [-0.4, -0.2) is 21.8 Å². The zero-order valence-corrected chi connectivity index (χ0v) is 13.1. The van der Waals surface area contributed by atoms with E-state index in [0.29, 0.717) is 17.1 Å². The van der Waals surface area contributed by atoms with Gasteiger partial charge in [-0.05, 0) is 18.8 Å². The van der Waals surface area contributed by atoms with Crippen molar-refractivity contribution in [2.45, 2.75) is 57.7 Å². The number of aromatic nitrogens is 2. The summed E-state index contributed by atoms with van der Waals surface area (Å²) >= 11 is 1.86. The van der Waals surface area contributed by atoms with Crippen LogP contribution in [0.25, 0.3) is 0 Å². The van der Waals surface area contributed by atoms with E-state index in [1.54, 1.807) is 6.33 Å². The van der Waals surface area contributed by atoms with Gasteiger partial charge in [-0.2, -0.15) is 0 Å². The van der Waals surface area contributed by atoms with Crippen molar-refractivity contribution in [3.05, 3.63) is 11.9 Å². The molecule has 18 heavy (non-hydrogen) atoms. The van der Waals surface area contributed by atoms with Crippen LogP contribution in [0, 0.1) is 5.92 Å². The van der Waals surface area contributed by atoms with Gasteiger partial charge in [-0.25, -0.2) is 9.97 Å². The molecule has 1 N–H and O–H groups in total. The molecular weight excluding hydrogens is 242 g/mol. The Hall–Kier alpha value is -0.770. The number of hydrogen-bond donors (Lipinski definition) is 1. The molecule has 4 heteroatoms. The predicted octanol–water partition coefficient (Wildman–Crippen LogP) is 4.17. The summed E-state index contributed by atoms with van der Waals surface area (Å²) in [6.45, 7) is 14.1. The van der Waals surface area contributed by atoms with Crippen molar-refractivity contribution in [2.75, 3.05) is 11.9 Å². The summed E-state index contributed by atoms with van der Waals surface area (Å²) in [5.74, 6) is 2.07. The second-order valence-corrected chi connectivity index (χ2v) is 6.56. The number of nitrogens with zero attached hydrogens (tertiary/aromatic N) is 2. The van der Waals surface area contributed by atoms with E-state index in [9.17, 15) is 0 Å². The van der Waals surface area contributed by atoms with Gasteiger partial charge in [0.15, 0.2) is 0 Å². The van der Waals surface area contributed by atoms with Gasteiger partial charge in [-0.1, -0.05) is 34.6 Å². The van der Waals surface area contributed by atoms with Crippen molar-refractivity contribution in [1.29, 1.82) is 0 Å². The van der Waals surface area contributed by atoms with E-state index in [0.717, 1.165) is 17.4 Å². The third kappa shape index (κ3) is 3.87. The highest BCUT2D eigenvalue weighted by Gasteiger charge is 2.18. The first-order chi connectivity index (χ1) is 8.47. The van der Waals surface area contributed by atoms with Crippen molar-refractivity contribution in [3.8, 4) is 0 Å². The van der Waals surface area contributed by atoms with Gasteiger partial charge in [0.2, 0.25) is 0 Å². The maximum Gasteiger partial charge on any atom is 0.133 e. The maximum absolute atomic E-state index is 4.48. The Labute approximate surface area is 115 Å². The standard InChI is InChI=1S/C14H25N3S/c1-7-15-13-12(10(4)5)14(17-8-16-13)18-11(6)9(2)3/h8-11H,7H2,1-6H3,(H,15,16,17). The molecule has 102 valence electrons. The van der Waals surface area contributed by atoms with Gasteiger partial charge >= 0.3 is 0 Å². The van der Waals surface area contributed by atoms with E-state index < -0.39 is 0 Å². The van der Waals surface area contributed by atoms with Crippen molar-refractivity contribution in [1.82, 2.24) is 9.97 Å². The normalized spacial score (nSPS) is 13.1. The van der Waals surface area contributed by atoms with Crippen LogP contribution in [0.3, 0.4) is 0 Å². The van der Waals surface area contributed by atoms with Crippen LogP contribution in [0.4, 0.5) is 5.82 Å². The first-order valence-electron chi connectivity index (χ1n) is 6.72.